The topological polar surface area (TPSA) is 95.9 Å². The fourth-order valence-electron chi connectivity index (χ4n) is 5.70. The van der Waals surface area contributed by atoms with Crippen LogP contribution in [-0.4, -0.2) is 52.2 Å². The standard InChI is InChI=1S/C26H28N2O5/c1-3-25(2,22(29)28-14-16-12-26(28,13-16)23(30)31)27-24(32)33-15-21-19-10-6-4-8-17(19)18-9-5-7-11-20(18)21/h4-11,16,21H,3,12-15H2,1-2H3,(H,27,32)(H,30,31). The van der Waals surface area contributed by atoms with Crippen molar-refractivity contribution < 1.29 is 24.2 Å². The fourth-order valence-corrected chi connectivity index (χ4v) is 5.70. The third-order valence-corrected chi connectivity index (χ3v) is 7.75. The number of hydrogen-bond donors (Lipinski definition) is 2. The number of fused-ring (bicyclic) bond motifs is 4. The van der Waals surface area contributed by atoms with Crippen LogP contribution in [0.4, 0.5) is 4.79 Å². The van der Waals surface area contributed by atoms with Gasteiger partial charge in [0.2, 0.25) is 5.91 Å². The minimum atomic E-state index is -1.23. The molecule has 7 nitrogen and oxygen atoms in total. The number of carboxylic acid groups (broad SMARTS) is 1. The van der Waals surface area contributed by atoms with Crippen molar-refractivity contribution in [3.05, 3.63) is 59.7 Å². The van der Waals surface area contributed by atoms with Crippen molar-refractivity contribution in [2.75, 3.05) is 13.2 Å². The van der Waals surface area contributed by atoms with Crippen molar-refractivity contribution in [1.82, 2.24) is 10.2 Å². The van der Waals surface area contributed by atoms with E-state index in [2.05, 4.69) is 17.4 Å². The van der Waals surface area contributed by atoms with Gasteiger partial charge < -0.3 is 20.1 Å². The fraction of sp³-hybridized carbons (Fsp3) is 0.423. The predicted molar refractivity (Wildman–Crippen MR) is 122 cm³/mol. The number of carbonyl (C=O) groups is 3. The second kappa shape index (κ2) is 7.61. The van der Waals surface area contributed by atoms with E-state index in [4.69, 9.17) is 4.74 Å². The lowest BCUT2D eigenvalue weighted by atomic mass is 9.73. The van der Waals surface area contributed by atoms with E-state index >= 15 is 0 Å². The van der Waals surface area contributed by atoms with Crippen LogP contribution in [0.2, 0.25) is 0 Å². The van der Waals surface area contributed by atoms with E-state index in [0.29, 0.717) is 25.8 Å². The molecule has 0 radical (unpaired) electrons. The van der Waals surface area contributed by atoms with Crippen molar-refractivity contribution >= 4 is 18.0 Å². The molecule has 0 spiro atoms. The summed E-state index contributed by atoms with van der Waals surface area (Å²) in [5.41, 5.74) is 2.15. The van der Waals surface area contributed by atoms with Crippen LogP contribution in [0, 0.1) is 5.92 Å². The molecule has 1 unspecified atom stereocenters. The highest BCUT2D eigenvalue weighted by atomic mass is 16.5. The number of amides is 2. The molecule has 1 atom stereocenters. The molecule has 172 valence electrons. The summed E-state index contributed by atoms with van der Waals surface area (Å²) in [4.78, 5) is 39.5. The van der Waals surface area contributed by atoms with Crippen LogP contribution in [-0.2, 0) is 14.3 Å². The molecule has 33 heavy (non-hydrogen) atoms. The number of ether oxygens (including phenoxy) is 1. The van der Waals surface area contributed by atoms with Crippen LogP contribution in [0.15, 0.2) is 48.5 Å². The first-order valence-electron chi connectivity index (χ1n) is 11.5. The summed E-state index contributed by atoms with van der Waals surface area (Å²) >= 11 is 0. The number of rotatable bonds is 6. The van der Waals surface area contributed by atoms with Crippen LogP contribution >= 0.6 is 0 Å². The normalized spacial score (nSPS) is 24.3. The number of benzene rings is 2. The molecule has 0 aromatic heterocycles. The molecule has 2 bridgehead atoms. The van der Waals surface area contributed by atoms with Crippen molar-refractivity contribution in [1.29, 1.82) is 0 Å². The van der Waals surface area contributed by atoms with Crippen LogP contribution in [0.5, 0.6) is 0 Å². The first-order chi connectivity index (χ1) is 15.8. The monoisotopic (exact) mass is 448 g/mol. The number of nitrogens with one attached hydrogen (secondary N) is 1. The molecule has 3 fully saturated rings. The summed E-state index contributed by atoms with van der Waals surface area (Å²) in [5, 5.41) is 12.5. The first kappa shape index (κ1) is 21.5. The SMILES string of the molecule is CCC(C)(NC(=O)OCC1c2ccccc2-c2ccccc21)C(=O)N1CC2CC1(C(=O)O)C2. The van der Waals surface area contributed by atoms with Gasteiger partial charge >= 0.3 is 12.1 Å². The summed E-state index contributed by atoms with van der Waals surface area (Å²) in [6.45, 7) is 4.02. The van der Waals surface area contributed by atoms with Crippen molar-refractivity contribution in [3.8, 4) is 11.1 Å². The largest absolute Gasteiger partial charge is 0.479 e. The average Bonchev–Trinajstić information content (AvgIpc) is 3.45. The van der Waals surface area contributed by atoms with Gasteiger partial charge in [0.05, 0.1) is 0 Å². The summed E-state index contributed by atoms with van der Waals surface area (Å²) in [7, 11) is 0. The maximum atomic E-state index is 13.4. The van der Waals surface area contributed by atoms with Gasteiger partial charge in [-0.2, -0.15) is 0 Å². The van der Waals surface area contributed by atoms with Gasteiger partial charge in [0, 0.05) is 12.5 Å². The second-order valence-corrected chi connectivity index (χ2v) is 9.66. The maximum absolute atomic E-state index is 13.4. The summed E-state index contributed by atoms with van der Waals surface area (Å²) in [5.74, 6) is -1.18. The van der Waals surface area contributed by atoms with Gasteiger partial charge in [0.1, 0.15) is 17.7 Å². The molecule has 7 heteroatoms. The second-order valence-electron chi connectivity index (χ2n) is 9.66. The Kier molecular flexibility index (Phi) is 4.96. The molecule has 2 aromatic carbocycles. The Morgan fingerprint density at radius 3 is 2.21 bits per heavy atom. The molecule has 2 N–H and O–H groups in total. The first-order valence-corrected chi connectivity index (χ1v) is 11.5. The Hall–Kier alpha value is -3.35. The molecule has 2 heterocycles. The molecule has 2 saturated heterocycles. The van der Waals surface area contributed by atoms with Crippen LogP contribution < -0.4 is 5.32 Å². The van der Waals surface area contributed by atoms with E-state index in [1.54, 1.807) is 13.8 Å². The van der Waals surface area contributed by atoms with Gasteiger partial charge in [-0.15, -0.1) is 0 Å². The molecule has 6 rings (SSSR count). The lowest BCUT2D eigenvalue weighted by Crippen LogP contribution is -2.63. The Morgan fingerprint density at radius 2 is 1.67 bits per heavy atom. The van der Waals surface area contributed by atoms with Gasteiger partial charge in [-0.1, -0.05) is 55.5 Å². The Morgan fingerprint density at radius 1 is 1.09 bits per heavy atom. The smallest absolute Gasteiger partial charge is 0.408 e. The highest BCUT2D eigenvalue weighted by molar-refractivity contribution is 5.95. The van der Waals surface area contributed by atoms with Gasteiger partial charge in [0.25, 0.3) is 0 Å². The van der Waals surface area contributed by atoms with Gasteiger partial charge in [0.15, 0.2) is 0 Å². The van der Waals surface area contributed by atoms with Crippen LogP contribution in [0.1, 0.15) is 50.2 Å². The number of aliphatic carboxylic acids is 1. The predicted octanol–water partition coefficient (Wildman–Crippen LogP) is 3.77. The number of hydrogen-bond acceptors (Lipinski definition) is 4. The third kappa shape index (κ3) is 3.21. The van der Waals surface area contributed by atoms with Gasteiger partial charge in [-0.3, -0.25) is 4.79 Å². The summed E-state index contributed by atoms with van der Waals surface area (Å²) < 4.78 is 5.62. The van der Waals surface area contributed by atoms with Gasteiger partial charge in [-0.25, -0.2) is 9.59 Å². The molecular weight excluding hydrogens is 420 g/mol. The number of alkyl carbamates (subject to hydrolysis) is 1. The minimum Gasteiger partial charge on any atom is -0.479 e. The molecule has 2 aliphatic carbocycles. The number of nitrogens with zero attached hydrogens (tertiary/aromatic N) is 1. The third-order valence-electron chi connectivity index (χ3n) is 7.75. The zero-order valence-electron chi connectivity index (χ0n) is 18.8. The Labute approximate surface area is 192 Å². The molecule has 2 aromatic rings. The highest BCUT2D eigenvalue weighted by Gasteiger charge is 2.64. The van der Waals surface area contributed by atoms with Crippen molar-refractivity contribution in [2.24, 2.45) is 5.92 Å². The zero-order valence-corrected chi connectivity index (χ0v) is 18.8. The van der Waals surface area contributed by atoms with E-state index in [-0.39, 0.29) is 24.3 Å². The van der Waals surface area contributed by atoms with Crippen LogP contribution in [0.3, 0.4) is 0 Å². The highest BCUT2D eigenvalue weighted by Crippen LogP contribution is 2.51. The molecule has 2 aliphatic heterocycles. The quantitative estimate of drug-likeness (QED) is 0.701. The van der Waals surface area contributed by atoms with Gasteiger partial charge in [-0.05, 0) is 54.4 Å². The minimum absolute atomic E-state index is 0.0761. The van der Waals surface area contributed by atoms with E-state index in [0.717, 1.165) is 22.3 Å². The zero-order chi connectivity index (χ0) is 23.4. The summed E-state index contributed by atoms with van der Waals surface area (Å²) in [6.07, 6.45) is 0.621. The lowest BCUT2D eigenvalue weighted by Gasteiger charge is -2.41. The van der Waals surface area contributed by atoms with E-state index < -0.39 is 23.1 Å². The lowest BCUT2D eigenvalue weighted by molar-refractivity contribution is -0.160. The Balaban J connectivity index is 1.29. The molecule has 2 amide bonds. The summed E-state index contributed by atoms with van der Waals surface area (Å²) in [6, 6.07) is 16.2. The van der Waals surface area contributed by atoms with Crippen LogP contribution in [0.25, 0.3) is 11.1 Å². The molecular formula is C26H28N2O5. The number of carboxylic acids is 1. The van der Waals surface area contributed by atoms with E-state index in [1.807, 2.05) is 36.4 Å². The molecule has 4 aliphatic rings. The van der Waals surface area contributed by atoms with Crippen molar-refractivity contribution in [3.63, 3.8) is 0 Å². The van der Waals surface area contributed by atoms with Crippen molar-refractivity contribution in [2.45, 2.75) is 50.1 Å². The average molecular weight is 449 g/mol. The maximum Gasteiger partial charge on any atom is 0.408 e. The Bertz CT molecular complexity index is 1090. The molecule has 1 saturated carbocycles. The number of carbonyl (C=O) groups excluding carboxylic acids is 2. The van der Waals surface area contributed by atoms with E-state index in [9.17, 15) is 19.5 Å². The van der Waals surface area contributed by atoms with E-state index in [1.165, 1.54) is 4.90 Å².